The molecule has 1 saturated heterocycles. The third-order valence-corrected chi connectivity index (χ3v) is 4.00. The predicted molar refractivity (Wildman–Crippen MR) is 87.3 cm³/mol. The summed E-state index contributed by atoms with van der Waals surface area (Å²) in [5.74, 6) is 0.397. The van der Waals surface area contributed by atoms with Gasteiger partial charge in [0.25, 0.3) is 0 Å². The van der Waals surface area contributed by atoms with Gasteiger partial charge >= 0.3 is 0 Å². The number of benzene rings is 1. The fraction of sp³-hybridized carbons (Fsp3) is 0.588. The third kappa shape index (κ3) is 5.38. The first-order chi connectivity index (χ1) is 10.1. The molecule has 0 spiro atoms. The van der Waals surface area contributed by atoms with Gasteiger partial charge in [0.15, 0.2) is 0 Å². The predicted octanol–water partition coefficient (Wildman–Crippen LogP) is 2.24. The molecule has 0 radical (unpaired) electrons. The van der Waals surface area contributed by atoms with Crippen molar-refractivity contribution in [1.29, 1.82) is 0 Å². The second-order valence-corrected chi connectivity index (χ2v) is 6.63. The Morgan fingerprint density at radius 2 is 1.86 bits per heavy atom. The Balaban J connectivity index is 1.74. The smallest absolute Gasteiger partial charge is 0.223 e. The van der Waals surface area contributed by atoms with Crippen molar-refractivity contribution >= 4 is 11.6 Å². The van der Waals surface area contributed by atoms with Crippen LogP contribution in [-0.4, -0.2) is 32.1 Å². The van der Waals surface area contributed by atoms with E-state index in [1.807, 2.05) is 18.2 Å². The highest BCUT2D eigenvalue weighted by Crippen LogP contribution is 2.17. The van der Waals surface area contributed by atoms with Crippen molar-refractivity contribution in [3.63, 3.8) is 0 Å². The zero-order valence-corrected chi connectivity index (χ0v) is 13.1. The summed E-state index contributed by atoms with van der Waals surface area (Å²) in [6, 6.07) is 10.2. The van der Waals surface area contributed by atoms with Gasteiger partial charge in [0.1, 0.15) is 0 Å². The lowest BCUT2D eigenvalue weighted by Gasteiger charge is -2.28. The molecule has 1 aliphatic heterocycles. The molecule has 1 aliphatic rings. The van der Waals surface area contributed by atoms with Crippen LogP contribution in [0.2, 0.25) is 0 Å². The van der Waals surface area contributed by atoms with Gasteiger partial charge in [-0.15, -0.1) is 0 Å². The second-order valence-electron chi connectivity index (χ2n) is 6.63. The van der Waals surface area contributed by atoms with Gasteiger partial charge in [0.2, 0.25) is 5.91 Å². The maximum Gasteiger partial charge on any atom is 0.223 e. The summed E-state index contributed by atoms with van der Waals surface area (Å²) in [6.07, 6.45) is 1.91. The Hall–Kier alpha value is -1.55. The molecular formula is C17H27N3O. The van der Waals surface area contributed by atoms with E-state index in [-0.39, 0.29) is 17.2 Å². The number of anilines is 1. The van der Waals surface area contributed by atoms with Gasteiger partial charge < -0.3 is 16.0 Å². The SMILES string of the molecule is CC(C)(CNC(=O)C1CCNCC1)CNc1ccccc1. The Bertz CT molecular complexity index is 439. The molecule has 1 fully saturated rings. The minimum Gasteiger partial charge on any atom is -0.384 e. The summed E-state index contributed by atoms with van der Waals surface area (Å²) in [6.45, 7) is 7.80. The van der Waals surface area contributed by atoms with Gasteiger partial charge in [-0.05, 0) is 43.5 Å². The molecule has 4 nitrogen and oxygen atoms in total. The Morgan fingerprint density at radius 1 is 1.19 bits per heavy atom. The van der Waals surface area contributed by atoms with Crippen molar-refractivity contribution in [3.05, 3.63) is 30.3 Å². The van der Waals surface area contributed by atoms with Crippen LogP contribution in [0.25, 0.3) is 0 Å². The summed E-state index contributed by atoms with van der Waals surface area (Å²) in [7, 11) is 0. The molecule has 1 aromatic carbocycles. The maximum absolute atomic E-state index is 12.2. The summed E-state index contributed by atoms with van der Waals surface area (Å²) in [5, 5.41) is 9.84. The van der Waals surface area contributed by atoms with Crippen molar-refractivity contribution in [2.24, 2.45) is 11.3 Å². The van der Waals surface area contributed by atoms with Crippen LogP contribution in [0, 0.1) is 11.3 Å². The van der Waals surface area contributed by atoms with Gasteiger partial charge in [-0.3, -0.25) is 4.79 Å². The summed E-state index contributed by atoms with van der Waals surface area (Å²) in [4.78, 5) is 12.2. The number of rotatable bonds is 6. The van der Waals surface area contributed by atoms with Crippen molar-refractivity contribution in [3.8, 4) is 0 Å². The summed E-state index contributed by atoms with van der Waals surface area (Å²) in [5.41, 5.74) is 1.15. The zero-order chi connectivity index (χ0) is 15.1. The lowest BCUT2D eigenvalue weighted by atomic mass is 9.92. The van der Waals surface area contributed by atoms with Crippen LogP contribution in [0.3, 0.4) is 0 Å². The minimum absolute atomic E-state index is 0.0262. The largest absolute Gasteiger partial charge is 0.384 e. The van der Waals surface area contributed by atoms with E-state index in [0.29, 0.717) is 6.54 Å². The average Bonchev–Trinajstić information content (AvgIpc) is 2.53. The molecule has 0 unspecified atom stereocenters. The van der Waals surface area contributed by atoms with Crippen LogP contribution in [-0.2, 0) is 4.79 Å². The highest BCUT2D eigenvalue weighted by Gasteiger charge is 2.24. The lowest BCUT2D eigenvalue weighted by molar-refractivity contribution is -0.126. The van der Waals surface area contributed by atoms with E-state index in [0.717, 1.165) is 38.2 Å². The van der Waals surface area contributed by atoms with E-state index in [1.165, 1.54) is 0 Å². The number of para-hydroxylation sites is 1. The molecule has 0 aliphatic carbocycles. The fourth-order valence-electron chi connectivity index (χ4n) is 2.51. The van der Waals surface area contributed by atoms with Crippen LogP contribution >= 0.6 is 0 Å². The molecule has 1 aromatic rings. The van der Waals surface area contributed by atoms with Crippen molar-refractivity contribution in [2.45, 2.75) is 26.7 Å². The lowest BCUT2D eigenvalue weighted by Crippen LogP contribution is -2.43. The van der Waals surface area contributed by atoms with E-state index < -0.39 is 0 Å². The van der Waals surface area contributed by atoms with Crippen LogP contribution in [0.5, 0.6) is 0 Å². The highest BCUT2D eigenvalue weighted by atomic mass is 16.1. The van der Waals surface area contributed by atoms with E-state index in [1.54, 1.807) is 0 Å². The number of carbonyl (C=O) groups is 1. The van der Waals surface area contributed by atoms with E-state index in [9.17, 15) is 4.79 Å². The molecule has 0 aromatic heterocycles. The molecule has 1 heterocycles. The molecule has 0 saturated carbocycles. The molecule has 0 bridgehead atoms. The van der Waals surface area contributed by atoms with Gasteiger partial charge in [0, 0.05) is 24.7 Å². The normalized spacial score (nSPS) is 16.5. The van der Waals surface area contributed by atoms with E-state index >= 15 is 0 Å². The second kappa shape index (κ2) is 7.46. The molecule has 4 heteroatoms. The monoisotopic (exact) mass is 289 g/mol. The summed E-state index contributed by atoms with van der Waals surface area (Å²) >= 11 is 0. The molecule has 2 rings (SSSR count). The number of hydrogen-bond acceptors (Lipinski definition) is 3. The molecule has 0 atom stereocenters. The Kier molecular flexibility index (Phi) is 5.62. The van der Waals surface area contributed by atoms with Crippen LogP contribution in [0.15, 0.2) is 30.3 Å². The Morgan fingerprint density at radius 3 is 2.52 bits per heavy atom. The highest BCUT2D eigenvalue weighted by molar-refractivity contribution is 5.78. The van der Waals surface area contributed by atoms with Crippen molar-refractivity contribution in [2.75, 3.05) is 31.5 Å². The van der Waals surface area contributed by atoms with Gasteiger partial charge in [-0.25, -0.2) is 0 Å². The first-order valence-electron chi connectivity index (χ1n) is 7.84. The van der Waals surface area contributed by atoms with E-state index in [4.69, 9.17) is 0 Å². The maximum atomic E-state index is 12.2. The Labute approximate surface area is 127 Å². The standard InChI is InChI=1S/C17H27N3O/c1-17(2,12-19-15-6-4-3-5-7-15)13-20-16(21)14-8-10-18-11-9-14/h3-7,14,18-19H,8-13H2,1-2H3,(H,20,21). The summed E-state index contributed by atoms with van der Waals surface area (Å²) < 4.78 is 0. The van der Waals surface area contributed by atoms with Gasteiger partial charge in [-0.2, -0.15) is 0 Å². The average molecular weight is 289 g/mol. The third-order valence-electron chi connectivity index (χ3n) is 4.00. The molecule has 21 heavy (non-hydrogen) atoms. The van der Waals surface area contributed by atoms with Crippen molar-refractivity contribution < 1.29 is 4.79 Å². The first-order valence-corrected chi connectivity index (χ1v) is 7.84. The molecule has 1 amide bonds. The van der Waals surface area contributed by atoms with Crippen LogP contribution < -0.4 is 16.0 Å². The van der Waals surface area contributed by atoms with Crippen molar-refractivity contribution in [1.82, 2.24) is 10.6 Å². The number of piperidine rings is 1. The number of amides is 1. The van der Waals surface area contributed by atoms with Gasteiger partial charge in [0.05, 0.1) is 0 Å². The van der Waals surface area contributed by atoms with E-state index in [2.05, 4.69) is 41.9 Å². The topological polar surface area (TPSA) is 53.2 Å². The molecule has 116 valence electrons. The first kappa shape index (κ1) is 15.8. The fourth-order valence-corrected chi connectivity index (χ4v) is 2.51. The van der Waals surface area contributed by atoms with Gasteiger partial charge in [-0.1, -0.05) is 32.0 Å². The minimum atomic E-state index is 0.0262. The zero-order valence-electron chi connectivity index (χ0n) is 13.1. The number of nitrogens with one attached hydrogen (secondary N) is 3. The van der Waals surface area contributed by atoms with Crippen LogP contribution in [0.1, 0.15) is 26.7 Å². The molecular weight excluding hydrogens is 262 g/mol. The van der Waals surface area contributed by atoms with Crippen LogP contribution in [0.4, 0.5) is 5.69 Å². The molecule has 3 N–H and O–H groups in total. The number of hydrogen-bond donors (Lipinski definition) is 3. The number of carbonyl (C=O) groups excluding carboxylic acids is 1. The quantitative estimate of drug-likeness (QED) is 0.753.